The van der Waals surface area contributed by atoms with Crippen LogP contribution < -0.4 is 15.5 Å². The van der Waals surface area contributed by atoms with Crippen molar-refractivity contribution < 1.29 is 19.4 Å². The monoisotopic (exact) mass is 443 g/mol. The van der Waals surface area contributed by atoms with Crippen LogP contribution in [-0.2, 0) is 15.0 Å². The van der Waals surface area contributed by atoms with Gasteiger partial charge in [-0.25, -0.2) is 5.43 Å². The minimum Gasteiger partial charge on any atom is -0.504 e. The Morgan fingerprint density at radius 2 is 1.67 bits per heavy atom. The van der Waals surface area contributed by atoms with Gasteiger partial charge in [0, 0.05) is 11.0 Å². The third-order valence-corrected chi connectivity index (χ3v) is 5.92. The van der Waals surface area contributed by atoms with Crippen molar-refractivity contribution in [3.63, 3.8) is 0 Å². The average molecular weight is 444 g/mol. The number of amides is 2. The van der Waals surface area contributed by atoms with E-state index in [9.17, 15) is 14.7 Å². The summed E-state index contributed by atoms with van der Waals surface area (Å²) in [6, 6.07) is 24.9. The molecule has 0 bridgehead atoms. The molecule has 1 aliphatic carbocycles. The maximum atomic E-state index is 12.9. The highest BCUT2D eigenvalue weighted by atomic mass is 16.5. The number of para-hydroxylation sites is 1. The van der Waals surface area contributed by atoms with Crippen molar-refractivity contribution in [2.45, 2.75) is 11.8 Å². The van der Waals surface area contributed by atoms with Gasteiger partial charge in [-0.15, -0.1) is 0 Å². The fourth-order valence-corrected chi connectivity index (χ4v) is 4.17. The lowest BCUT2D eigenvalue weighted by Crippen LogP contribution is -2.37. The van der Waals surface area contributed by atoms with Gasteiger partial charge in [0.1, 0.15) is 0 Å². The van der Waals surface area contributed by atoms with E-state index in [1.165, 1.54) is 13.3 Å². The van der Waals surface area contributed by atoms with Crippen LogP contribution in [0.15, 0.2) is 84.0 Å². The molecule has 33 heavy (non-hydrogen) atoms. The second kappa shape index (κ2) is 9.56. The molecule has 1 fully saturated rings. The summed E-state index contributed by atoms with van der Waals surface area (Å²) in [6.45, 7) is -0.198. The number of hydrazone groups is 1. The first-order valence-electron chi connectivity index (χ1n) is 10.6. The first-order valence-corrected chi connectivity index (χ1v) is 10.6. The van der Waals surface area contributed by atoms with Crippen molar-refractivity contribution in [1.29, 1.82) is 0 Å². The number of phenolic OH excluding ortho intramolecular Hbond substituents is 1. The van der Waals surface area contributed by atoms with Crippen molar-refractivity contribution in [1.82, 2.24) is 10.7 Å². The van der Waals surface area contributed by atoms with Crippen LogP contribution in [-0.4, -0.2) is 36.8 Å². The van der Waals surface area contributed by atoms with Crippen molar-refractivity contribution in [3.05, 3.63) is 95.6 Å². The Morgan fingerprint density at radius 1 is 1.03 bits per heavy atom. The minimum absolute atomic E-state index is 0.0711. The normalized spacial score (nSPS) is 16.2. The Labute approximate surface area is 192 Å². The Hall–Kier alpha value is -4.13. The summed E-state index contributed by atoms with van der Waals surface area (Å²) in [4.78, 5) is 25.1. The van der Waals surface area contributed by atoms with E-state index in [0.29, 0.717) is 17.7 Å². The molecule has 3 aromatic rings. The molecule has 0 unspecified atom stereocenters. The van der Waals surface area contributed by atoms with Crippen molar-refractivity contribution >= 4 is 18.0 Å². The maximum absolute atomic E-state index is 12.9. The smallest absolute Gasteiger partial charge is 0.259 e. The molecule has 0 radical (unpaired) electrons. The molecule has 0 aliphatic heterocycles. The molecule has 0 heterocycles. The number of methoxy groups -OCH3 is 1. The maximum Gasteiger partial charge on any atom is 0.259 e. The SMILES string of the molecule is COc1cccc(/C=N\NC(=O)CNC(=O)[C@H]2CC2(c2ccccc2)c2ccccc2)c1O. The number of benzene rings is 3. The molecule has 0 saturated heterocycles. The van der Waals surface area contributed by atoms with Crippen LogP contribution in [0.4, 0.5) is 0 Å². The highest BCUT2D eigenvalue weighted by Crippen LogP contribution is 2.58. The standard InChI is InChI=1S/C26H25N3O4/c1-33-22-14-8-9-18(24(22)31)16-28-29-23(30)17-27-25(32)21-15-26(21,19-10-4-2-5-11-19)20-12-6-3-7-13-20/h2-14,16,21,31H,15,17H2,1H3,(H,27,32)(H,29,30)/b28-16-/t21-/m1/s1. The van der Waals surface area contributed by atoms with Crippen molar-refractivity contribution in [2.24, 2.45) is 11.0 Å². The predicted octanol–water partition coefficient (Wildman–Crippen LogP) is 2.97. The number of ether oxygens (including phenoxy) is 1. The van der Waals surface area contributed by atoms with Crippen LogP contribution in [0.3, 0.4) is 0 Å². The zero-order valence-electron chi connectivity index (χ0n) is 18.2. The summed E-state index contributed by atoms with van der Waals surface area (Å²) < 4.78 is 5.04. The number of aromatic hydroxyl groups is 1. The minimum atomic E-state index is -0.465. The summed E-state index contributed by atoms with van der Waals surface area (Å²) in [7, 11) is 1.45. The lowest BCUT2D eigenvalue weighted by molar-refractivity contribution is -0.127. The molecule has 0 spiro atoms. The molecule has 7 nitrogen and oxygen atoms in total. The van der Waals surface area contributed by atoms with E-state index in [-0.39, 0.29) is 29.5 Å². The van der Waals surface area contributed by atoms with Crippen LogP contribution in [0.5, 0.6) is 11.5 Å². The second-order valence-electron chi connectivity index (χ2n) is 7.87. The van der Waals surface area contributed by atoms with E-state index in [1.54, 1.807) is 18.2 Å². The molecule has 0 aromatic heterocycles. The van der Waals surface area contributed by atoms with Gasteiger partial charge in [0.25, 0.3) is 5.91 Å². The Morgan fingerprint density at radius 3 is 2.27 bits per heavy atom. The van der Waals surface area contributed by atoms with Crippen molar-refractivity contribution in [2.75, 3.05) is 13.7 Å². The van der Waals surface area contributed by atoms with Gasteiger partial charge in [-0.2, -0.15) is 5.10 Å². The molecular formula is C26H25N3O4. The van der Waals surface area contributed by atoms with Gasteiger partial charge in [0.05, 0.1) is 25.8 Å². The number of carbonyl (C=O) groups excluding carboxylic acids is 2. The molecule has 3 N–H and O–H groups in total. The van der Waals surface area contributed by atoms with E-state index in [4.69, 9.17) is 4.74 Å². The van der Waals surface area contributed by atoms with Gasteiger partial charge in [-0.05, 0) is 29.7 Å². The first-order chi connectivity index (χ1) is 16.1. The highest BCUT2D eigenvalue weighted by Gasteiger charge is 2.60. The number of hydrogen-bond donors (Lipinski definition) is 3. The molecule has 7 heteroatoms. The van der Waals surface area contributed by atoms with Gasteiger partial charge in [0.2, 0.25) is 5.91 Å². The number of nitrogens with zero attached hydrogens (tertiary/aromatic N) is 1. The molecule has 4 rings (SSSR count). The number of carbonyl (C=O) groups is 2. The topological polar surface area (TPSA) is 100 Å². The van der Waals surface area contributed by atoms with Gasteiger partial charge >= 0.3 is 0 Å². The van der Waals surface area contributed by atoms with Crippen LogP contribution >= 0.6 is 0 Å². The third kappa shape index (κ3) is 4.57. The number of rotatable bonds is 8. The average Bonchev–Trinajstić information content (AvgIpc) is 3.62. The van der Waals surface area contributed by atoms with E-state index in [0.717, 1.165) is 11.1 Å². The van der Waals surface area contributed by atoms with E-state index >= 15 is 0 Å². The lowest BCUT2D eigenvalue weighted by atomic mass is 9.85. The van der Waals surface area contributed by atoms with E-state index < -0.39 is 5.91 Å². The molecule has 2 amide bonds. The fourth-order valence-electron chi connectivity index (χ4n) is 4.17. The van der Waals surface area contributed by atoms with Crippen LogP contribution in [0.1, 0.15) is 23.1 Å². The fraction of sp³-hybridized carbons (Fsp3) is 0.192. The summed E-state index contributed by atoms with van der Waals surface area (Å²) in [6.07, 6.45) is 2.00. The Kier molecular flexibility index (Phi) is 6.40. The summed E-state index contributed by atoms with van der Waals surface area (Å²) in [5.74, 6) is -0.659. The quantitative estimate of drug-likeness (QED) is 0.368. The van der Waals surface area contributed by atoms with Crippen LogP contribution in [0.2, 0.25) is 0 Å². The molecule has 1 saturated carbocycles. The van der Waals surface area contributed by atoms with Gasteiger partial charge in [0.15, 0.2) is 11.5 Å². The highest BCUT2D eigenvalue weighted by molar-refractivity contribution is 5.90. The Bertz CT molecular complexity index is 1120. The Balaban J connectivity index is 1.36. The first kappa shape index (κ1) is 22.1. The van der Waals surface area contributed by atoms with E-state index in [1.807, 2.05) is 60.7 Å². The van der Waals surface area contributed by atoms with E-state index in [2.05, 4.69) is 15.8 Å². The lowest BCUT2D eigenvalue weighted by Gasteiger charge is -2.18. The van der Waals surface area contributed by atoms with Crippen LogP contribution in [0.25, 0.3) is 0 Å². The van der Waals surface area contributed by atoms with Crippen molar-refractivity contribution in [3.8, 4) is 11.5 Å². The molecule has 1 atom stereocenters. The molecular weight excluding hydrogens is 418 g/mol. The van der Waals surface area contributed by atoms with Gasteiger partial charge < -0.3 is 15.2 Å². The number of hydrogen-bond acceptors (Lipinski definition) is 5. The molecule has 3 aromatic carbocycles. The summed E-state index contributed by atoms with van der Waals surface area (Å²) in [5.41, 5.74) is 4.54. The zero-order valence-corrected chi connectivity index (χ0v) is 18.2. The number of nitrogens with one attached hydrogen (secondary N) is 2. The third-order valence-electron chi connectivity index (χ3n) is 5.92. The number of phenols is 1. The predicted molar refractivity (Wildman–Crippen MR) is 125 cm³/mol. The van der Waals surface area contributed by atoms with Crippen LogP contribution in [0, 0.1) is 5.92 Å². The summed E-state index contributed by atoms with van der Waals surface area (Å²) >= 11 is 0. The molecule has 168 valence electrons. The molecule has 1 aliphatic rings. The van der Waals surface area contributed by atoms with Gasteiger partial charge in [-0.1, -0.05) is 66.7 Å². The summed E-state index contributed by atoms with van der Waals surface area (Å²) in [5, 5.41) is 16.6. The second-order valence-corrected chi connectivity index (χ2v) is 7.87. The van der Waals surface area contributed by atoms with Gasteiger partial charge in [-0.3, -0.25) is 9.59 Å². The zero-order chi connectivity index (χ0) is 23.3. The largest absolute Gasteiger partial charge is 0.504 e.